The van der Waals surface area contributed by atoms with Crippen LogP contribution in [0.1, 0.15) is 17.5 Å². The Labute approximate surface area is 110 Å². The van der Waals surface area contributed by atoms with Gasteiger partial charge in [-0.3, -0.25) is 4.79 Å². The van der Waals surface area contributed by atoms with E-state index in [4.69, 9.17) is 4.74 Å². The van der Waals surface area contributed by atoms with E-state index in [1.807, 2.05) is 6.92 Å². The molecule has 18 heavy (non-hydrogen) atoms. The van der Waals surface area contributed by atoms with Gasteiger partial charge >= 0.3 is 0 Å². The maximum Gasteiger partial charge on any atom is 0.229 e. The summed E-state index contributed by atoms with van der Waals surface area (Å²) in [5, 5.41) is 6.84. The van der Waals surface area contributed by atoms with Crippen LogP contribution in [-0.2, 0) is 22.6 Å². The van der Waals surface area contributed by atoms with E-state index in [0.717, 1.165) is 41.8 Å². The Balaban J connectivity index is 1.64. The summed E-state index contributed by atoms with van der Waals surface area (Å²) in [6, 6.07) is 0. The minimum absolute atomic E-state index is 0.0448. The molecule has 5 nitrogen and oxygen atoms in total. The first kappa shape index (κ1) is 12.1. The number of rotatable bonds is 3. The minimum atomic E-state index is 0.0448. The largest absolute Gasteiger partial charge is 0.375 e. The van der Waals surface area contributed by atoms with Crippen molar-refractivity contribution in [2.24, 2.45) is 11.8 Å². The van der Waals surface area contributed by atoms with Crippen LogP contribution in [0.2, 0.25) is 0 Å². The van der Waals surface area contributed by atoms with Crippen molar-refractivity contribution in [3.8, 4) is 0 Å². The van der Waals surface area contributed by atoms with Gasteiger partial charge in [0.1, 0.15) is 0 Å². The Morgan fingerprint density at radius 1 is 1.61 bits per heavy atom. The summed E-state index contributed by atoms with van der Waals surface area (Å²) >= 11 is 1.53. The van der Waals surface area contributed by atoms with E-state index < -0.39 is 0 Å². The zero-order chi connectivity index (χ0) is 12.5. The predicted molar refractivity (Wildman–Crippen MR) is 69.6 cm³/mol. The molecule has 0 bridgehead atoms. The highest BCUT2D eigenvalue weighted by Gasteiger charge is 2.29. The van der Waals surface area contributed by atoms with Crippen molar-refractivity contribution in [1.29, 1.82) is 0 Å². The van der Waals surface area contributed by atoms with Crippen molar-refractivity contribution >= 4 is 22.4 Å². The first-order valence-electron chi connectivity index (χ1n) is 6.32. The number of nitrogens with zero attached hydrogens (tertiary/aromatic N) is 1. The smallest absolute Gasteiger partial charge is 0.229 e. The number of hydrogen-bond donors (Lipinski definition) is 2. The summed E-state index contributed by atoms with van der Waals surface area (Å²) < 4.78 is 5.38. The molecular weight excluding hydrogens is 250 g/mol. The number of aromatic nitrogens is 1. The second-order valence-corrected chi connectivity index (χ2v) is 5.97. The van der Waals surface area contributed by atoms with Crippen LogP contribution in [0.5, 0.6) is 0 Å². The van der Waals surface area contributed by atoms with E-state index in [9.17, 15) is 4.79 Å². The number of anilines is 1. The second-order valence-electron chi connectivity index (χ2n) is 4.89. The molecule has 0 saturated carbocycles. The fraction of sp³-hybridized carbons (Fsp3) is 0.667. The minimum Gasteiger partial charge on any atom is -0.375 e. The van der Waals surface area contributed by atoms with E-state index in [2.05, 4.69) is 15.6 Å². The first-order valence-corrected chi connectivity index (χ1v) is 7.13. The fourth-order valence-corrected chi connectivity index (χ4v) is 3.13. The van der Waals surface area contributed by atoms with E-state index in [1.54, 1.807) is 0 Å². The van der Waals surface area contributed by atoms with Crippen molar-refractivity contribution < 1.29 is 9.53 Å². The standard InChI is InChI=1S/C12H17N3O2S/c1-7(8-4-13-5-8)11(16)15-12-14-9-2-3-17-6-10(9)18-12/h7-8,13H,2-6H2,1H3,(H,14,15,16). The lowest BCUT2D eigenvalue weighted by atomic mass is 9.88. The number of amides is 1. The Kier molecular flexibility index (Phi) is 3.32. The molecule has 6 heteroatoms. The molecule has 1 amide bonds. The molecule has 0 aliphatic carbocycles. The van der Waals surface area contributed by atoms with E-state index >= 15 is 0 Å². The first-order chi connectivity index (χ1) is 8.74. The summed E-state index contributed by atoms with van der Waals surface area (Å²) in [4.78, 5) is 17.7. The van der Waals surface area contributed by atoms with Gasteiger partial charge in [-0.25, -0.2) is 4.98 Å². The molecule has 1 saturated heterocycles. The predicted octanol–water partition coefficient (Wildman–Crippen LogP) is 1.01. The van der Waals surface area contributed by atoms with Crippen LogP contribution < -0.4 is 10.6 Å². The molecule has 0 spiro atoms. The summed E-state index contributed by atoms with van der Waals surface area (Å²) in [7, 11) is 0. The van der Waals surface area contributed by atoms with E-state index in [0.29, 0.717) is 12.5 Å². The van der Waals surface area contributed by atoms with Crippen molar-refractivity contribution in [1.82, 2.24) is 10.3 Å². The number of fused-ring (bicyclic) bond motifs is 1. The molecule has 98 valence electrons. The molecule has 2 aliphatic rings. The van der Waals surface area contributed by atoms with Gasteiger partial charge in [-0.15, -0.1) is 0 Å². The number of hydrogen-bond acceptors (Lipinski definition) is 5. The maximum absolute atomic E-state index is 12.1. The Hall–Kier alpha value is -0.980. The summed E-state index contributed by atoms with van der Waals surface area (Å²) in [6.07, 6.45) is 0.851. The third-order valence-electron chi connectivity index (χ3n) is 3.66. The molecule has 3 rings (SSSR count). The van der Waals surface area contributed by atoms with Gasteiger partial charge in [0, 0.05) is 12.3 Å². The molecular formula is C12H17N3O2S. The van der Waals surface area contributed by atoms with Gasteiger partial charge in [-0.2, -0.15) is 0 Å². The third kappa shape index (κ3) is 2.28. The fourth-order valence-electron chi connectivity index (χ4n) is 2.18. The Morgan fingerprint density at radius 3 is 3.11 bits per heavy atom. The molecule has 1 aromatic heterocycles. The zero-order valence-corrected chi connectivity index (χ0v) is 11.2. The van der Waals surface area contributed by atoms with Gasteiger partial charge in [-0.1, -0.05) is 18.3 Å². The van der Waals surface area contributed by atoms with Crippen LogP contribution in [0.4, 0.5) is 5.13 Å². The highest BCUT2D eigenvalue weighted by Crippen LogP contribution is 2.28. The van der Waals surface area contributed by atoms with Crippen molar-refractivity contribution in [2.45, 2.75) is 20.0 Å². The lowest BCUT2D eigenvalue weighted by molar-refractivity contribution is -0.121. The van der Waals surface area contributed by atoms with Gasteiger partial charge in [0.25, 0.3) is 0 Å². The molecule has 2 N–H and O–H groups in total. The van der Waals surface area contributed by atoms with Gasteiger partial charge in [-0.05, 0) is 19.0 Å². The van der Waals surface area contributed by atoms with Gasteiger partial charge in [0.2, 0.25) is 5.91 Å². The van der Waals surface area contributed by atoms with E-state index in [-0.39, 0.29) is 11.8 Å². The number of thiazole rings is 1. The van der Waals surface area contributed by atoms with Crippen LogP contribution in [0.25, 0.3) is 0 Å². The average molecular weight is 267 g/mol. The van der Waals surface area contributed by atoms with E-state index in [1.165, 1.54) is 11.3 Å². The molecule has 0 aromatic carbocycles. The normalized spacial score (nSPS) is 20.9. The molecule has 1 aromatic rings. The lowest BCUT2D eigenvalue weighted by Crippen LogP contribution is -2.48. The monoisotopic (exact) mass is 267 g/mol. The Bertz CT molecular complexity index is 433. The quantitative estimate of drug-likeness (QED) is 0.858. The summed E-state index contributed by atoms with van der Waals surface area (Å²) in [5.41, 5.74) is 1.08. The van der Waals surface area contributed by atoms with Gasteiger partial charge in [0.05, 0.1) is 23.8 Å². The molecule has 1 unspecified atom stereocenters. The van der Waals surface area contributed by atoms with Crippen LogP contribution >= 0.6 is 11.3 Å². The molecule has 3 heterocycles. The van der Waals surface area contributed by atoms with Gasteiger partial charge in [0.15, 0.2) is 5.13 Å². The number of ether oxygens (including phenoxy) is 1. The molecule has 0 radical (unpaired) electrons. The topological polar surface area (TPSA) is 63.2 Å². The number of carbonyl (C=O) groups excluding carboxylic acids is 1. The summed E-state index contributed by atoms with van der Waals surface area (Å²) in [5.74, 6) is 0.583. The van der Waals surface area contributed by atoms with Crippen LogP contribution in [-0.4, -0.2) is 30.6 Å². The molecule has 1 fully saturated rings. The number of nitrogens with one attached hydrogen (secondary N) is 2. The second kappa shape index (κ2) is 4.95. The third-order valence-corrected chi connectivity index (χ3v) is 4.65. The van der Waals surface area contributed by atoms with Crippen molar-refractivity contribution in [3.05, 3.63) is 10.6 Å². The van der Waals surface area contributed by atoms with Gasteiger partial charge < -0.3 is 15.4 Å². The zero-order valence-electron chi connectivity index (χ0n) is 10.4. The molecule has 1 atom stereocenters. The van der Waals surface area contributed by atoms with Crippen LogP contribution in [0.3, 0.4) is 0 Å². The Morgan fingerprint density at radius 2 is 2.44 bits per heavy atom. The lowest BCUT2D eigenvalue weighted by Gasteiger charge is -2.31. The highest BCUT2D eigenvalue weighted by molar-refractivity contribution is 7.15. The highest BCUT2D eigenvalue weighted by atomic mass is 32.1. The summed E-state index contributed by atoms with van der Waals surface area (Å²) in [6.45, 7) is 5.23. The van der Waals surface area contributed by atoms with Crippen LogP contribution in [0, 0.1) is 11.8 Å². The molecule has 2 aliphatic heterocycles. The van der Waals surface area contributed by atoms with Crippen LogP contribution in [0.15, 0.2) is 0 Å². The van der Waals surface area contributed by atoms with Crippen molar-refractivity contribution in [3.63, 3.8) is 0 Å². The SMILES string of the molecule is CC(C(=O)Nc1nc2c(s1)COCC2)C1CNC1. The average Bonchev–Trinajstić information content (AvgIpc) is 2.68. The number of carbonyl (C=O) groups is 1. The van der Waals surface area contributed by atoms with Crippen molar-refractivity contribution in [2.75, 3.05) is 25.0 Å². The maximum atomic E-state index is 12.1.